The summed E-state index contributed by atoms with van der Waals surface area (Å²) in [6.07, 6.45) is 0.134. The first-order valence-electron chi connectivity index (χ1n) is 6.64. The third-order valence-corrected chi connectivity index (χ3v) is 3.90. The van der Waals surface area contributed by atoms with E-state index >= 15 is 0 Å². The van der Waals surface area contributed by atoms with E-state index in [9.17, 15) is 15.3 Å². The lowest BCUT2D eigenvalue weighted by Gasteiger charge is -2.19. The largest absolute Gasteiger partial charge is 0.396 e. The predicted octanol–water partition coefficient (Wildman–Crippen LogP) is 0.144. The number of nitrogens with one attached hydrogen (secondary N) is 1. The summed E-state index contributed by atoms with van der Waals surface area (Å²) in [5.74, 6) is 0.320. The molecular weight excluding hydrogens is 258 g/mol. The molecule has 0 unspecified atom stereocenters. The van der Waals surface area contributed by atoms with E-state index in [0.29, 0.717) is 12.2 Å². The molecule has 2 aromatic rings. The SMILES string of the molecule is OC[C@H]1C[C@@H](Nc2ncnc3ccccc23)[C@H](O)[C@@H]1O. The number of aromatic nitrogens is 2. The Morgan fingerprint density at radius 1 is 1.15 bits per heavy atom. The summed E-state index contributed by atoms with van der Waals surface area (Å²) in [6.45, 7) is -0.138. The van der Waals surface area contributed by atoms with Crippen molar-refractivity contribution in [3.8, 4) is 0 Å². The van der Waals surface area contributed by atoms with Gasteiger partial charge in [-0.1, -0.05) is 12.1 Å². The van der Waals surface area contributed by atoms with E-state index in [4.69, 9.17) is 0 Å². The van der Waals surface area contributed by atoms with Gasteiger partial charge >= 0.3 is 0 Å². The third-order valence-electron chi connectivity index (χ3n) is 3.90. The Hall–Kier alpha value is -1.76. The van der Waals surface area contributed by atoms with Crippen molar-refractivity contribution in [2.75, 3.05) is 11.9 Å². The van der Waals surface area contributed by atoms with Gasteiger partial charge in [0.25, 0.3) is 0 Å². The molecule has 0 radical (unpaired) electrons. The first-order chi connectivity index (χ1) is 9.70. The Morgan fingerprint density at radius 2 is 1.95 bits per heavy atom. The molecule has 0 bridgehead atoms. The molecule has 1 aromatic heterocycles. The maximum absolute atomic E-state index is 10.0. The lowest BCUT2D eigenvalue weighted by atomic mass is 10.1. The predicted molar refractivity (Wildman–Crippen MR) is 74.2 cm³/mol. The first kappa shape index (κ1) is 13.2. The highest BCUT2D eigenvalue weighted by atomic mass is 16.3. The van der Waals surface area contributed by atoms with E-state index in [1.54, 1.807) is 0 Å². The smallest absolute Gasteiger partial charge is 0.137 e. The molecular formula is C14H17N3O3. The minimum atomic E-state index is -0.916. The van der Waals surface area contributed by atoms with Crippen LogP contribution in [0.5, 0.6) is 0 Å². The average Bonchev–Trinajstić information content (AvgIpc) is 2.75. The van der Waals surface area contributed by atoms with Crippen LogP contribution in [0.1, 0.15) is 6.42 Å². The maximum atomic E-state index is 10.0. The van der Waals surface area contributed by atoms with Crippen LogP contribution in [0, 0.1) is 5.92 Å². The zero-order valence-corrected chi connectivity index (χ0v) is 10.8. The molecule has 3 rings (SSSR count). The molecule has 1 aromatic carbocycles. The van der Waals surface area contributed by atoms with Crippen molar-refractivity contribution in [3.63, 3.8) is 0 Å². The Kier molecular flexibility index (Phi) is 3.52. The number of fused-ring (bicyclic) bond motifs is 1. The molecule has 20 heavy (non-hydrogen) atoms. The van der Waals surface area contributed by atoms with Crippen LogP contribution in [-0.4, -0.2) is 50.1 Å². The zero-order chi connectivity index (χ0) is 14.1. The zero-order valence-electron chi connectivity index (χ0n) is 10.8. The second-order valence-corrected chi connectivity index (χ2v) is 5.15. The van der Waals surface area contributed by atoms with Crippen molar-refractivity contribution in [1.82, 2.24) is 9.97 Å². The molecule has 1 heterocycles. The van der Waals surface area contributed by atoms with Gasteiger partial charge in [0.1, 0.15) is 18.2 Å². The fourth-order valence-electron chi connectivity index (χ4n) is 2.74. The van der Waals surface area contributed by atoms with Crippen LogP contribution < -0.4 is 5.32 Å². The van der Waals surface area contributed by atoms with Crippen molar-refractivity contribution >= 4 is 16.7 Å². The molecule has 1 aliphatic carbocycles. The Balaban J connectivity index is 1.87. The van der Waals surface area contributed by atoms with Crippen molar-refractivity contribution in [3.05, 3.63) is 30.6 Å². The molecule has 6 nitrogen and oxygen atoms in total. The summed E-state index contributed by atoms with van der Waals surface area (Å²) in [5.41, 5.74) is 0.816. The molecule has 0 saturated heterocycles. The van der Waals surface area contributed by atoms with Crippen LogP contribution in [0.3, 0.4) is 0 Å². The average molecular weight is 275 g/mol. The summed E-state index contributed by atoms with van der Waals surface area (Å²) in [6, 6.07) is 7.25. The number of aliphatic hydroxyl groups is 3. The molecule has 4 atom stereocenters. The number of benzene rings is 1. The minimum Gasteiger partial charge on any atom is -0.396 e. The molecule has 0 amide bonds. The number of rotatable bonds is 3. The number of nitrogens with zero attached hydrogens (tertiary/aromatic N) is 2. The highest BCUT2D eigenvalue weighted by Crippen LogP contribution is 2.30. The second kappa shape index (κ2) is 5.32. The van der Waals surface area contributed by atoms with Gasteiger partial charge in [0.05, 0.1) is 17.7 Å². The Morgan fingerprint density at radius 3 is 2.70 bits per heavy atom. The summed E-state index contributed by atoms with van der Waals surface area (Å²) < 4.78 is 0. The van der Waals surface area contributed by atoms with Gasteiger partial charge in [-0.2, -0.15) is 0 Å². The summed E-state index contributed by atoms with van der Waals surface area (Å²) in [4.78, 5) is 8.38. The number of hydrogen-bond donors (Lipinski definition) is 4. The number of aliphatic hydroxyl groups excluding tert-OH is 3. The van der Waals surface area contributed by atoms with Gasteiger partial charge < -0.3 is 20.6 Å². The van der Waals surface area contributed by atoms with Gasteiger partial charge in [0.2, 0.25) is 0 Å². The van der Waals surface area contributed by atoms with Crippen molar-refractivity contribution in [2.45, 2.75) is 24.7 Å². The van der Waals surface area contributed by atoms with Gasteiger partial charge in [-0.3, -0.25) is 0 Å². The molecule has 0 aliphatic heterocycles. The molecule has 6 heteroatoms. The van der Waals surface area contributed by atoms with E-state index in [1.807, 2.05) is 24.3 Å². The topological polar surface area (TPSA) is 98.5 Å². The molecule has 4 N–H and O–H groups in total. The normalized spacial score (nSPS) is 29.8. The Labute approximate surface area is 116 Å². The van der Waals surface area contributed by atoms with Crippen LogP contribution in [0.15, 0.2) is 30.6 Å². The Bertz CT molecular complexity index is 602. The van der Waals surface area contributed by atoms with Crippen LogP contribution in [0.2, 0.25) is 0 Å². The highest BCUT2D eigenvalue weighted by Gasteiger charge is 2.41. The molecule has 0 spiro atoms. The van der Waals surface area contributed by atoms with Gasteiger partial charge in [-0.25, -0.2) is 9.97 Å². The van der Waals surface area contributed by atoms with Gasteiger partial charge in [-0.15, -0.1) is 0 Å². The molecule has 1 aliphatic rings. The van der Waals surface area contributed by atoms with E-state index in [1.165, 1.54) is 6.33 Å². The van der Waals surface area contributed by atoms with Gasteiger partial charge in [-0.05, 0) is 18.6 Å². The van der Waals surface area contributed by atoms with Crippen LogP contribution in [0.4, 0.5) is 5.82 Å². The minimum absolute atomic E-state index is 0.138. The third kappa shape index (κ3) is 2.22. The fourth-order valence-corrected chi connectivity index (χ4v) is 2.74. The van der Waals surface area contributed by atoms with E-state index in [-0.39, 0.29) is 18.6 Å². The van der Waals surface area contributed by atoms with E-state index in [2.05, 4.69) is 15.3 Å². The number of anilines is 1. The molecule has 1 fully saturated rings. The van der Waals surface area contributed by atoms with E-state index in [0.717, 1.165) is 10.9 Å². The van der Waals surface area contributed by atoms with Crippen LogP contribution in [-0.2, 0) is 0 Å². The summed E-state index contributed by atoms with van der Waals surface area (Å²) in [5, 5.41) is 33.1. The van der Waals surface area contributed by atoms with Gasteiger partial charge in [0.15, 0.2) is 0 Å². The summed E-state index contributed by atoms with van der Waals surface area (Å²) in [7, 11) is 0. The van der Waals surface area contributed by atoms with Crippen molar-refractivity contribution < 1.29 is 15.3 Å². The van der Waals surface area contributed by atoms with Crippen molar-refractivity contribution in [2.24, 2.45) is 5.92 Å². The summed E-state index contributed by atoms with van der Waals surface area (Å²) >= 11 is 0. The first-order valence-corrected chi connectivity index (χ1v) is 6.64. The lowest BCUT2D eigenvalue weighted by Crippen LogP contribution is -2.35. The van der Waals surface area contributed by atoms with E-state index < -0.39 is 12.2 Å². The second-order valence-electron chi connectivity index (χ2n) is 5.15. The highest BCUT2D eigenvalue weighted by molar-refractivity contribution is 5.88. The number of hydrogen-bond acceptors (Lipinski definition) is 6. The quantitative estimate of drug-likeness (QED) is 0.636. The van der Waals surface area contributed by atoms with Gasteiger partial charge in [0, 0.05) is 17.9 Å². The standard InChI is InChI=1S/C14H17N3O3/c18-6-8-5-11(13(20)12(8)19)17-14-9-3-1-2-4-10(9)15-7-16-14/h1-4,7-8,11-13,18-20H,5-6H2,(H,15,16,17)/t8-,11-,12-,13+/m1/s1. The maximum Gasteiger partial charge on any atom is 0.137 e. The molecule has 1 saturated carbocycles. The van der Waals surface area contributed by atoms with Crippen LogP contribution >= 0.6 is 0 Å². The molecule has 106 valence electrons. The monoisotopic (exact) mass is 275 g/mol. The number of para-hydroxylation sites is 1. The lowest BCUT2D eigenvalue weighted by molar-refractivity contribution is 0.00446. The fraction of sp³-hybridized carbons (Fsp3) is 0.429. The van der Waals surface area contributed by atoms with Crippen molar-refractivity contribution in [1.29, 1.82) is 0 Å². The van der Waals surface area contributed by atoms with Crippen LogP contribution in [0.25, 0.3) is 10.9 Å².